The van der Waals surface area contributed by atoms with E-state index in [1.54, 1.807) is 19.2 Å². The quantitative estimate of drug-likeness (QED) is 0.518. The van der Waals surface area contributed by atoms with Gasteiger partial charge in [-0.1, -0.05) is 48.5 Å². The van der Waals surface area contributed by atoms with Crippen molar-refractivity contribution in [3.63, 3.8) is 0 Å². The van der Waals surface area contributed by atoms with E-state index in [-0.39, 0.29) is 5.78 Å². The van der Waals surface area contributed by atoms with Crippen LogP contribution in [0.5, 0.6) is 5.75 Å². The molecular formula is C21H15NO2. The Morgan fingerprint density at radius 2 is 1.62 bits per heavy atom. The molecule has 0 aliphatic heterocycles. The molecular weight excluding hydrogens is 298 g/mol. The Morgan fingerprint density at radius 1 is 0.875 bits per heavy atom. The minimum Gasteiger partial charge on any atom is -0.497 e. The predicted molar refractivity (Wildman–Crippen MR) is 95.7 cm³/mol. The molecule has 1 aromatic heterocycles. The van der Waals surface area contributed by atoms with Crippen LogP contribution in [-0.2, 0) is 0 Å². The number of ether oxygens (including phenoxy) is 1. The van der Waals surface area contributed by atoms with Gasteiger partial charge in [-0.2, -0.15) is 0 Å². The van der Waals surface area contributed by atoms with Gasteiger partial charge in [-0.15, -0.1) is 0 Å². The summed E-state index contributed by atoms with van der Waals surface area (Å²) in [5.41, 5.74) is 1.86. The maximum Gasteiger partial charge on any atom is 0.212 e. The first-order valence-corrected chi connectivity index (χ1v) is 7.73. The number of nitrogens with zero attached hydrogens (tertiary/aromatic N) is 1. The average molecular weight is 313 g/mol. The molecule has 1 heterocycles. The number of hydrogen-bond acceptors (Lipinski definition) is 3. The molecule has 0 spiro atoms. The lowest BCUT2D eigenvalue weighted by Gasteiger charge is -2.09. The van der Waals surface area contributed by atoms with Crippen molar-refractivity contribution in [2.45, 2.75) is 0 Å². The Bertz CT molecular complexity index is 1070. The molecule has 0 aliphatic carbocycles. The molecule has 4 rings (SSSR count). The molecule has 116 valence electrons. The summed E-state index contributed by atoms with van der Waals surface area (Å²) in [6.07, 6.45) is 0. The Hall–Kier alpha value is -3.20. The monoisotopic (exact) mass is 313 g/mol. The summed E-state index contributed by atoms with van der Waals surface area (Å²) in [5.74, 6) is 0.564. The van der Waals surface area contributed by atoms with Gasteiger partial charge in [-0.3, -0.25) is 4.79 Å². The van der Waals surface area contributed by atoms with Crippen LogP contribution in [0.25, 0.3) is 21.7 Å². The second-order valence-corrected chi connectivity index (χ2v) is 5.61. The molecule has 24 heavy (non-hydrogen) atoms. The highest BCUT2D eigenvalue weighted by molar-refractivity contribution is 6.16. The van der Waals surface area contributed by atoms with E-state index in [2.05, 4.69) is 4.98 Å². The molecule has 0 saturated carbocycles. The summed E-state index contributed by atoms with van der Waals surface area (Å²) in [5, 5.41) is 2.89. The summed E-state index contributed by atoms with van der Waals surface area (Å²) in [6.45, 7) is 0. The molecule has 0 aliphatic rings. The van der Waals surface area contributed by atoms with Gasteiger partial charge in [0, 0.05) is 10.9 Å². The molecule has 0 fully saturated rings. The molecule has 0 amide bonds. The van der Waals surface area contributed by atoms with E-state index < -0.39 is 0 Å². The van der Waals surface area contributed by atoms with Crippen molar-refractivity contribution in [1.29, 1.82) is 0 Å². The van der Waals surface area contributed by atoms with E-state index in [1.165, 1.54) is 0 Å². The number of fused-ring (bicyclic) bond motifs is 2. The minimum atomic E-state index is -0.101. The van der Waals surface area contributed by atoms with Gasteiger partial charge in [0.15, 0.2) is 0 Å². The van der Waals surface area contributed by atoms with E-state index in [0.29, 0.717) is 17.0 Å². The van der Waals surface area contributed by atoms with Gasteiger partial charge in [0.2, 0.25) is 5.78 Å². The van der Waals surface area contributed by atoms with Crippen LogP contribution in [0.15, 0.2) is 72.8 Å². The second-order valence-electron chi connectivity index (χ2n) is 5.61. The average Bonchev–Trinajstić information content (AvgIpc) is 2.66. The summed E-state index contributed by atoms with van der Waals surface area (Å²) < 4.78 is 5.35. The first-order chi connectivity index (χ1) is 11.8. The van der Waals surface area contributed by atoms with Crippen molar-refractivity contribution in [3.8, 4) is 5.75 Å². The first-order valence-electron chi connectivity index (χ1n) is 7.73. The SMILES string of the molecule is COc1cc(C(=O)c2ccc3ccccc3n2)c2ccccc2c1. The zero-order chi connectivity index (χ0) is 16.5. The number of benzene rings is 3. The highest BCUT2D eigenvalue weighted by atomic mass is 16.5. The molecule has 0 N–H and O–H groups in total. The van der Waals surface area contributed by atoms with E-state index >= 15 is 0 Å². The third-order valence-electron chi connectivity index (χ3n) is 4.15. The molecule has 0 atom stereocenters. The van der Waals surface area contributed by atoms with E-state index in [4.69, 9.17) is 4.74 Å². The molecule has 0 unspecified atom stereocenters. The lowest BCUT2D eigenvalue weighted by atomic mass is 9.98. The van der Waals surface area contributed by atoms with Crippen LogP contribution >= 0.6 is 0 Å². The number of hydrogen-bond donors (Lipinski definition) is 0. The first kappa shape index (κ1) is 14.4. The number of ketones is 1. The Balaban J connectivity index is 1.90. The second kappa shape index (κ2) is 5.78. The Morgan fingerprint density at radius 3 is 2.46 bits per heavy atom. The van der Waals surface area contributed by atoms with Gasteiger partial charge in [0.25, 0.3) is 0 Å². The third-order valence-corrected chi connectivity index (χ3v) is 4.15. The van der Waals surface area contributed by atoms with Crippen LogP contribution in [0.3, 0.4) is 0 Å². The van der Waals surface area contributed by atoms with Gasteiger partial charge in [0.05, 0.1) is 12.6 Å². The van der Waals surface area contributed by atoms with Crippen molar-refractivity contribution in [2.75, 3.05) is 7.11 Å². The van der Waals surface area contributed by atoms with Gasteiger partial charge < -0.3 is 4.74 Å². The zero-order valence-electron chi connectivity index (χ0n) is 13.2. The van der Waals surface area contributed by atoms with Crippen LogP contribution in [0.4, 0.5) is 0 Å². The van der Waals surface area contributed by atoms with Crippen molar-refractivity contribution in [1.82, 2.24) is 4.98 Å². The number of aromatic nitrogens is 1. The lowest BCUT2D eigenvalue weighted by Crippen LogP contribution is -2.05. The van der Waals surface area contributed by atoms with E-state index in [1.807, 2.05) is 60.7 Å². The van der Waals surface area contributed by atoms with Crippen LogP contribution < -0.4 is 4.74 Å². The fourth-order valence-electron chi connectivity index (χ4n) is 2.92. The highest BCUT2D eigenvalue weighted by Gasteiger charge is 2.16. The smallest absolute Gasteiger partial charge is 0.212 e. The van der Waals surface area contributed by atoms with Crippen LogP contribution in [-0.4, -0.2) is 17.9 Å². The Labute approximate surface area is 139 Å². The predicted octanol–water partition coefficient (Wildman–Crippen LogP) is 4.63. The van der Waals surface area contributed by atoms with Crippen molar-refractivity contribution < 1.29 is 9.53 Å². The number of para-hydroxylation sites is 1. The van der Waals surface area contributed by atoms with Crippen molar-refractivity contribution in [2.24, 2.45) is 0 Å². The fourth-order valence-corrected chi connectivity index (χ4v) is 2.92. The van der Waals surface area contributed by atoms with Crippen LogP contribution in [0.2, 0.25) is 0 Å². The topological polar surface area (TPSA) is 39.2 Å². The van der Waals surface area contributed by atoms with Crippen LogP contribution in [0, 0.1) is 0 Å². The van der Waals surface area contributed by atoms with Gasteiger partial charge in [-0.05, 0) is 35.0 Å². The molecule has 0 bridgehead atoms. The Kier molecular flexibility index (Phi) is 3.47. The maximum atomic E-state index is 13.1. The maximum absolute atomic E-state index is 13.1. The van der Waals surface area contributed by atoms with E-state index in [0.717, 1.165) is 21.7 Å². The number of carbonyl (C=O) groups excluding carboxylic acids is 1. The van der Waals surface area contributed by atoms with Gasteiger partial charge >= 0.3 is 0 Å². The van der Waals surface area contributed by atoms with Crippen LogP contribution in [0.1, 0.15) is 16.1 Å². The lowest BCUT2D eigenvalue weighted by molar-refractivity contribution is 0.103. The molecule has 3 nitrogen and oxygen atoms in total. The standard InChI is InChI=1S/C21H15NO2/c1-24-16-12-15-7-2-4-8-17(15)18(13-16)21(23)20-11-10-14-6-3-5-9-19(14)22-20/h2-13H,1H3. The number of rotatable bonds is 3. The highest BCUT2D eigenvalue weighted by Crippen LogP contribution is 2.27. The van der Waals surface area contributed by atoms with Crippen molar-refractivity contribution in [3.05, 3.63) is 84.1 Å². The largest absolute Gasteiger partial charge is 0.497 e. The van der Waals surface area contributed by atoms with E-state index in [9.17, 15) is 4.79 Å². The third kappa shape index (κ3) is 2.40. The summed E-state index contributed by atoms with van der Waals surface area (Å²) >= 11 is 0. The summed E-state index contributed by atoms with van der Waals surface area (Å²) in [7, 11) is 1.60. The number of methoxy groups -OCH3 is 1. The zero-order valence-corrected chi connectivity index (χ0v) is 13.2. The number of pyridine rings is 1. The summed E-state index contributed by atoms with van der Waals surface area (Å²) in [4.78, 5) is 17.6. The van der Waals surface area contributed by atoms with Gasteiger partial charge in [-0.25, -0.2) is 4.98 Å². The molecule has 0 saturated heterocycles. The molecule has 0 radical (unpaired) electrons. The van der Waals surface area contributed by atoms with Gasteiger partial charge in [0.1, 0.15) is 11.4 Å². The molecule has 3 aromatic carbocycles. The molecule has 4 aromatic rings. The fraction of sp³-hybridized carbons (Fsp3) is 0.0476. The normalized spacial score (nSPS) is 10.9. The number of carbonyl (C=O) groups is 1. The summed E-state index contributed by atoms with van der Waals surface area (Å²) in [6, 6.07) is 23.0. The minimum absolute atomic E-state index is 0.101. The van der Waals surface area contributed by atoms with Crippen molar-refractivity contribution >= 4 is 27.5 Å². The molecule has 3 heteroatoms.